The zero-order chi connectivity index (χ0) is 7.98. The molecule has 1 heterocycles. The molecule has 1 rings (SSSR count). The molecule has 4 heteroatoms. The van der Waals surface area contributed by atoms with E-state index in [1.807, 2.05) is 13.8 Å². The van der Waals surface area contributed by atoms with Crippen molar-refractivity contribution in [2.75, 3.05) is 13.2 Å². The molecule has 0 aliphatic carbocycles. The lowest BCUT2D eigenvalue weighted by Gasteiger charge is -1.76. The van der Waals surface area contributed by atoms with E-state index in [0.29, 0.717) is 13.2 Å². The lowest BCUT2D eigenvalue weighted by molar-refractivity contribution is 0.365. The second kappa shape index (κ2) is 5.58. The lowest BCUT2D eigenvalue weighted by atomic mass is 10.4. The Morgan fingerprint density at radius 1 is 1.40 bits per heavy atom. The Hall–Kier alpha value is -0.190. The molecule has 1 fully saturated rings. The van der Waals surface area contributed by atoms with Gasteiger partial charge in [-0.25, -0.2) is 0 Å². The van der Waals surface area contributed by atoms with Crippen LogP contribution in [0, 0.1) is 0 Å². The van der Waals surface area contributed by atoms with Gasteiger partial charge in [-0.05, 0) is 13.8 Å². The molecule has 0 spiro atoms. The Balaban J connectivity index is 0.000000180. The van der Waals surface area contributed by atoms with Gasteiger partial charge in [0, 0.05) is 0 Å². The van der Waals surface area contributed by atoms with Gasteiger partial charge in [-0.3, -0.25) is 8.37 Å². The summed E-state index contributed by atoms with van der Waals surface area (Å²) in [7, 11) is 0. The van der Waals surface area contributed by atoms with Crippen LogP contribution in [0.5, 0.6) is 0 Å². The van der Waals surface area contributed by atoms with E-state index in [1.54, 1.807) is 0 Å². The molecule has 0 aromatic heterocycles. The highest BCUT2D eigenvalue weighted by Gasteiger charge is 2.07. The first-order chi connectivity index (χ1) is 4.63. The van der Waals surface area contributed by atoms with Crippen molar-refractivity contribution in [2.45, 2.75) is 13.8 Å². The van der Waals surface area contributed by atoms with Gasteiger partial charge in [0.1, 0.15) is 0 Å². The Morgan fingerprint density at radius 3 is 1.80 bits per heavy atom. The second-order valence-electron chi connectivity index (χ2n) is 2.06. The Bertz CT molecular complexity index is 121. The first-order valence-electron chi connectivity index (χ1n) is 2.93. The molecule has 1 aliphatic heterocycles. The van der Waals surface area contributed by atoms with E-state index < -0.39 is 11.4 Å². The minimum absolute atomic E-state index is 0.465. The zero-order valence-electron chi connectivity index (χ0n) is 6.25. The second-order valence-corrected chi connectivity index (χ2v) is 2.93. The summed E-state index contributed by atoms with van der Waals surface area (Å²) in [6.07, 6.45) is 0. The van der Waals surface area contributed by atoms with Gasteiger partial charge >= 0.3 is 11.4 Å². The molecule has 0 radical (unpaired) electrons. The van der Waals surface area contributed by atoms with Gasteiger partial charge in [-0.2, -0.15) is 4.21 Å². The summed E-state index contributed by atoms with van der Waals surface area (Å²) in [5, 5.41) is 0. The van der Waals surface area contributed by atoms with Gasteiger partial charge in [-0.15, -0.1) is 6.58 Å². The third-order valence-electron chi connectivity index (χ3n) is 0.442. The predicted molar refractivity (Wildman–Crippen MR) is 40.5 cm³/mol. The molecule has 60 valence electrons. The first-order valence-corrected chi connectivity index (χ1v) is 3.93. The maximum Gasteiger partial charge on any atom is 0.304 e. The zero-order valence-corrected chi connectivity index (χ0v) is 7.07. The normalized spacial score (nSPS) is 17.8. The van der Waals surface area contributed by atoms with Gasteiger partial charge in [0.2, 0.25) is 0 Å². The highest BCUT2D eigenvalue weighted by molar-refractivity contribution is 7.75. The summed E-state index contributed by atoms with van der Waals surface area (Å²) >= 11 is -1.42. The smallest absolute Gasteiger partial charge is 0.266 e. The van der Waals surface area contributed by atoms with Crippen LogP contribution in [0.3, 0.4) is 0 Å². The molecule has 0 saturated carbocycles. The fourth-order valence-electron chi connectivity index (χ4n) is 0.238. The molecule has 1 saturated heterocycles. The van der Waals surface area contributed by atoms with E-state index in [9.17, 15) is 4.21 Å². The van der Waals surface area contributed by atoms with Crippen LogP contribution in [0.4, 0.5) is 0 Å². The Kier molecular flexibility index (Phi) is 5.48. The molecular weight excluding hydrogens is 152 g/mol. The lowest BCUT2D eigenvalue weighted by Crippen LogP contribution is -1.81. The van der Waals surface area contributed by atoms with Crippen LogP contribution >= 0.6 is 0 Å². The Labute approximate surface area is 63.9 Å². The average molecular weight is 164 g/mol. The minimum Gasteiger partial charge on any atom is -0.266 e. The monoisotopic (exact) mass is 164 g/mol. The molecule has 0 N–H and O–H groups in total. The highest BCUT2D eigenvalue weighted by atomic mass is 32.2. The van der Waals surface area contributed by atoms with Gasteiger partial charge in [-0.1, -0.05) is 5.57 Å². The summed E-state index contributed by atoms with van der Waals surface area (Å²) in [6.45, 7) is 8.43. The quantitative estimate of drug-likeness (QED) is 0.504. The summed E-state index contributed by atoms with van der Waals surface area (Å²) < 4.78 is 18.7. The maximum atomic E-state index is 9.91. The van der Waals surface area contributed by atoms with Crippen LogP contribution in [0.15, 0.2) is 12.2 Å². The first kappa shape index (κ1) is 9.81. The van der Waals surface area contributed by atoms with Gasteiger partial charge < -0.3 is 0 Å². The summed E-state index contributed by atoms with van der Waals surface area (Å²) in [5.74, 6) is 0. The summed E-state index contributed by atoms with van der Waals surface area (Å²) in [6, 6.07) is 0. The van der Waals surface area contributed by atoms with Crippen LogP contribution in [0.25, 0.3) is 0 Å². The number of allylic oxidation sites excluding steroid dienone is 1. The third kappa shape index (κ3) is 7.81. The molecule has 10 heavy (non-hydrogen) atoms. The molecule has 0 bridgehead atoms. The summed E-state index contributed by atoms with van der Waals surface area (Å²) in [4.78, 5) is 0. The fourth-order valence-corrected chi connectivity index (χ4v) is 0.714. The minimum atomic E-state index is -1.42. The standard InChI is InChI=1S/C4H8.C2H4O3S/c1-4(2)3;3-6-4-1-2-5-6/h1H2,2-3H3;1-2H2. The van der Waals surface area contributed by atoms with Crippen molar-refractivity contribution in [3.63, 3.8) is 0 Å². The van der Waals surface area contributed by atoms with E-state index in [0.717, 1.165) is 0 Å². The van der Waals surface area contributed by atoms with Crippen molar-refractivity contribution in [1.29, 1.82) is 0 Å². The maximum absolute atomic E-state index is 9.91. The predicted octanol–water partition coefficient (Wildman–Crippen LogP) is 1.19. The fraction of sp³-hybridized carbons (Fsp3) is 0.667. The van der Waals surface area contributed by atoms with Gasteiger partial charge in [0.15, 0.2) is 0 Å². The number of hydrogen-bond acceptors (Lipinski definition) is 3. The van der Waals surface area contributed by atoms with Crippen molar-refractivity contribution < 1.29 is 12.6 Å². The van der Waals surface area contributed by atoms with E-state index in [2.05, 4.69) is 14.9 Å². The van der Waals surface area contributed by atoms with Crippen LogP contribution in [0.1, 0.15) is 13.8 Å². The van der Waals surface area contributed by atoms with Crippen molar-refractivity contribution in [3.8, 4) is 0 Å². The van der Waals surface area contributed by atoms with Crippen molar-refractivity contribution in [3.05, 3.63) is 12.2 Å². The largest absolute Gasteiger partial charge is 0.304 e. The highest BCUT2D eigenvalue weighted by Crippen LogP contribution is 1.95. The van der Waals surface area contributed by atoms with Gasteiger partial charge in [0.25, 0.3) is 0 Å². The molecule has 0 aromatic carbocycles. The SMILES string of the molecule is C=C(C)C.O=S1OCCO1. The van der Waals surface area contributed by atoms with Crippen molar-refractivity contribution >= 4 is 11.4 Å². The van der Waals surface area contributed by atoms with Crippen LogP contribution in [0.2, 0.25) is 0 Å². The average Bonchev–Trinajstić information content (AvgIpc) is 2.15. The third-order valence-corrected chi connectivity index (χ3v) is 1.16. The van der Waals surface area contributed by atoms with Crippen molar-refractivity contribution in [2.24, 2.45) is 0 Å². The van der Waals surface area contributed by atoms with E-state index >= 15 is 0 Å². The van der Waals surface area contributed by atoms with Crippen LogP contribution in [-0.4, -0.2) is 17.4 Å². The van der Waals surface area contributed by atoms with Gasteiger partial charge in [0.05, 0.1) is 13.2 Å². The summed E-state index contributed by atoms with van der Waals surface area (Å²) in [5.41, 5.74) is 1.17. The number of rotatable bonds is 0. The van der Waals surface area contributed by atoms with Crippen LogP contribution in [-0.2, 0) is 19.7 Å². The molecule has 0 unspecified atom stereocenters. The Morgan fingerprint density at radius 2 is 1.70 bits per heavy atom. The van der Waals surface area contributed by atoms with Crippen LogP contribution < -0.4 is 0 Å². The van der Waals surface area contributed by atoms with E-state index in [1.165, 1.54) is 5.57 Å². The molecule has 3 nitrogen and oxygen atoms in total. The number of hydrogen-bond donors (Lipinski definition) is 0. The molecule has 0 atom stereocenters. The molecule has 0 aromatic rings. The topological polar surface area (TPSA) is 35.5 Å². The molecule has 0 amide bonds. The molecular formula is C6H12O3S. The van der Waals surface area contributed by atoms with E-state index in [-0.39, 0.29) is 0 Å². The molecule has 1 aliphatic rings. The van der Waals surface area contributed by atoms with Crippen molar-refractivity contribution in [1.82, 2.24) is 0 Å². The van der Waals surface area contributed by atoms with E-state index in [4.69, 9.17) is 0 Å².